The lowest BCUT2D eigenvalue weighted by atomic mass is 9.89. The second kappa shape index (κ2) is 9.18. The highest BCUT2D eigenvalue weighted by Crippen LogP contribution is 2.28. The molecule has 0 aromatic heterocycles. The van der Waals surface area contributed by atoms with Gasteiger partial charge in [0.25, 0.3) is 0 Å². The number of piperidine rings is 1. The third kappa shape index (κ3) is 4.98. The van der Waals surface area contributed by atoms with Gasteiger partial charge in [-0.25, -0.2) is 0 Å². The summed E-state index contributed by atoms with van der Waals surface area (Å²) in [5.41, 5.74) is 3.45. The molecule has 0 spiro atoms. The van der Waals surface area contributed by atoms with Gasteiger partial charge in [0, 0.05) is 12.1 Å². The Bertz CT molecular complexity index is 793. The predicted molar refractivity (Wildman–Crippen MR) is 112 cm³/mol. The Morgan fingerprint density at radius 3 is 2.41 bits per heavy atom. The van der Waals surface area contributed by atoms with E-state index in [0.29, 0.717) is 30.7 Å². The van der Waals surface area contributed by atoms with Crippen molar-refractivity contribution in [1.29, 1.82) is 0 Å². The van der Waals surface area contributed by atoms with Gasteiger partial charge in [-0.3, -0.25) is 9.69 Å². The van der Waals surface area contributed by atoms with E-state index in [1.807, 2.05) is 19.1 Å². The number of hydrogen-bond acceptors (Lipinski definition) is 3. The summed E-state index contributed by atoms with van der Waals surface area (Å²) in [4.78, 5) is 15.3. The maximum absolute atomic E-state index is 12.9. The fourth-order valence-electron chi connectivity index (χ4n) is 3.83. The van der Waals surface area contributed by atoms with Crippen LogP contribution < -0.4 is 10.2 Å². The Hall–Kier alpha value is -2.13. The Labute approximate surface area is 163 Å². The van der Waals surface area contributed by atoms with Crippen molar-refractivity contribution in [3.63, 3.8) is 0 Å². The number of hydrogen-bond donors (Lipinski definition) is 0. The minimum Gasteiger partial charge on any atom is -0.490 e. The molecule has 1 fully saturated rings. The Morgan fingerprint density at radius 1 is 1.07 bits per heavy atom. The third-order valence-corrected chi connectivity index (χ3v) is 5.51. The van der Waals surface area contributed by atoms with Crippen molar-refractivity contribution in [2.45, 2.75) is 52.0 Å². The van der Waals surface area contributed by atoms with Crippen LogP contribution in [0.25, 0.3) is 0 Å². The maximum atomic E-state index is 12.9. The second-order valence-corrected chi connectivity index (χ2v) is 7.75. The van der Waals surface area contributed by atoms with Crippen molar-refractivity contribution in [3.8, 4) is 5.75 Å². The van der Waals surface area contributed by atoms with Gasteiger partial charge in [-0.1, -0.05) is 56.3 Å². The normalized spacial score (nSPS) is 15.9. The van der Waals surface area contributed by atoms with Crippen LogP contribution in [0.3, 0.4) is 0 Å². The van der Waals surface area contributed by atoms with Crippen molar-refractivity contribution in [2.75, 3.05) is 19.7 Å². The topological polar surface area (TPSA) is 29.5 Å². The molecule has 0 bridgehead atoms. The molecule has 27 heavy (non-hydrogen) atoms. The first-order chi connectivity index (χ1) is 13.1. The summed E-state index contributed by atoms with van der Waals surface area (Å²) >= 11 is 0. The predicted octanol–water partition coefficient (Wildman–Crippen LogP) is 4.95. The molecule has 0 unspecified atom stereocenters. The highest BCUT2D eigenvalue weighted by atomic mass is 16.5. The van der Waals surface area contributed by atoms with Crippen molar-refractivity contribution in [3.05, 3.63) is 75.4 Å². The van der Waals surface area contributed by atoms with Crippen LogP contribution in [0, 0.1) is 0 Å². The SMILES string of the molecule is CCOc1cc(C(C)C)ccc(CN2CCC(c3ccccc3)CC2)c1=O. The highest BCUT2D eigenvalue weighted by molar-refractivity contribution is 5.33. The molecule has 1 saturated heterocycles. The van der Waals surface area contributed by atoms with Crippen LogP contribution in [0.2, 0.25) is 0 Å². The van der Waals surface area contributed by atoms with Crippen LogP contribution in [-0.4, -0.2) is 24.6 Å². The van der Waals surface area contributed by atoms with E-state index in [4.69, 9.17) is 4.74 Å². The maximum Gasteiger partial charge on any atom is 0.224 e. The van der Waals surface area contributed by atoms with Gasteiger partial charge in [-0.2, -0.15) is 0 Å². The monoisotopic (exact) mass is 365 g/mol. The number of benzene rings is 1. The molecule has 3 heteroatoms. The molecule has 1 aliphatic rings. The Balaban J connectivity index is 1.73. The van der Waals surface area contributed by atoms with E-state index in [2.05, 4.69) is 55.1 Å². The molecule has 3 nitrogen and oxygen atoms in total. The molecule has 0 atom stereocenters. The van der Waals surface area contributed by atoms with Crippen LogP contribution >= 0.6 is 0 Å². The van der Waals surface area contributed by atoms with Crippen LogP contribution in [-0.2, 0) is 6.54 Å². The second-order valence-electron chi connectivity index (χ2n) is 7.75. The van der Waals surface area contributed by atoms with Crippen LogP contribution in [0.15, 0.2) is 53.3 Å². The first-order valence-electron chi connectivity index (χ1n) is 10.2. The first kappa shape index (κ1) is 19.6. The summed E-state index contributed by atoms with van der Waals surface area (Å²) in [6.45, 7) is 9.48. The Morgan fingerprint density at radius 2 is 1.78 bits per heavy atom. The van der Waals surface area contributed by atoms with E-state index in [9.17, 15) is 4.79 Å². The van der Waals surface area contributed by atoms with Gasteiger partial charge in [-0.05, 0) is 61.9 Å². The molecule has 3 rings (SSSR count). The van der Waals surface area contributed by atoms with Crippen molar-refractivity contribution in [1.82, 2.24) is 4.90 Å². The van der Waals surface area contributed by atoms with E-state index < -0.39 is 0 Å². The van der Waals surface area contributed by atoms with Crippen molar-refractivity contribution in [2.24, 2.45) is 0 Å². The minimum atomic E-state index is 0.0360. The van der Waals surface area contributed by atoms with Gasteiger partial charge in [-0.15, -0.1) is 0 Å². The lowest BCUT2D eigenvalue weighted by Crippen LogP contribution is -2.33. The standard InChI is InChI=1S/C24H31NO2/c1-4-27-23-16-21(18(2)3)10-11-22(24(23)26)17-25-14-12-20(13-15-25)19-8-6-5-7-9-19/h5-11,16,18,20H,4,12-15,17H2,1-3H3. The summed E-state index contributed by atoms with van der Waals surface area (Å²) < 4.78 is 5.66. The lowest BCUT2D eigenvalue weighted by molar-refractivity contribution is 0.204. The third-order valence-electron chi connectivity index (χ3n) is 5.51. The first-order valence-corrected chi connectivity index (χ1v) is 10.2. The van der Waals surface area contributed by atoms with Gasteiger partial charge < -0.3 is 4.74 Å². The molecule has 2 aromatic rings. The molecular weight excluding hydrogens is 334 g/mol. The summed E-state index contributed by atoms with van der Waals surface area (Å²) in [5.74, 6) is 1.48. The lowest BCUT2D eigenvalue weighted by Gasteiger charge is -2.32. The fraction of sp³-hybridized carbons (Fsp3) is 0.458. The highest BCUT2D eigenvalue weighted by Gasteiger charge is 2.21. The van der Waals surface area contributed by atoms with Gasteiger partial charge in [0.1, 0.15) is 0 Å². The molecule has 2 aromatic carbocycles. The number of nitrogens with zero attached hydrogens (tertiary/aromatic N) is 1. The van der Waals surface area contributed by atoms with E-state index in [-0.39, 0.29) is 5.43 Å². The molecular formula is C24H31NO2. The molecule has 0 amide bonds. The number of rotatable bonds is 6. The summed E-state index contributed by atoms with van der Waals surface area (Å²) in [5, 5.41) is 0. The summed E-state index contributed by atoms with van der Waals surface area (Å²) in [7, 11) is 0. The average Bonchev–Trinajstić information content (AvgIpc) is 2.84. The van der Waals surface area contributed by atoms with Crippen molar-refractivity contribution < 1.29 is 4.74 Å². The molecule has 144 valence electrons. The van der Waals surface area contributed by atoms with Crippen LogP contribution in [0.4, 0.5) is 0 Å². The quantitative estimate of drug-likeness (QED) is 0.725. The zero-order valence-corrected chi connectivity index (χ0v) is 16.8. The van der Waals surface area contributed by atoms with E-state index in [1.165, 1.54) is 5.56 Å². The van der Waals surface area contributed by atoms with Crippen LogP contribution in [0.5, 0.6) is 5.75 Å². The van der Waals surface area contributed by atoms with E-state index >= 15 is 0 Å². The molecule has 0 N–H and O–H groups in total. The molecule has 0 saturated carbocycles. The van der Waals surface area contributed by atoms with Gasteiger partial charge >= 0.3 is 0 Å². The van der Waals surface area contributed by atoms with E-state index in [1.54, 1.807) is 0 Å². The smallest absolute Gasteiger partial charge is 0.224 e. The average molecular weight is 366 g/mol. The zero-order chi connectivity index (χ0) is 19.2. The number of likely N-dealkylation sites (tertiary alicyclic amines) is 1. The molecule has 0 radical (unpaired) electrons. The minimum absolute atomic E-state index is 0.0360. The Kier molecular flexibility index (Phi) is 6.68. The van der Waals surface area contributed by atoms with Crippen molar-refractivity contribution >= 4 is 0 Å². The van der Waals surface area contributed by atoms with Gasteiger partial charge in [0.05, 0.1) is 6.61 Å². The fourth-order valence-corrected chi connectivity index (χ4v) is 3.83. The van der Waals surface area contributed by atoms with Gasteiger partial charge in [0.2, 0.25) is 5.43 Å². The number of ether oxygens (including phenoxy) is 1. The molecule has 1 heterocycles. The zero-order valence-electron chi connectivity index (χ0n) is 16.8. The van der Waals surface area contributed by atoms with Gasteiger partial charge in [0.15, 0.2) is 5.75 Å². The molecule has 0 aliphatic carbocycles. The van der Waals surface area contributed by atoms with Crippen LogP contribution in [0.1, 0.15) is 62.1 Å². The molecule has 1 aliphatic heterocycles. The van der Waals surface area contributed by atoms with E-state index in [0.717, 1.165) is 37.1 Å². The largest absolute Gasteiger partial charge is 0.490 e. The summed E-state index contributed by atoms with van der Waals surface area (Å²) in [6, 6.07) is 16.8. The summed E-state index contributed by atoms with van der Waals surface area (Å²) in [6.07, 6.45) is 2.29.